The molecule has 1 atom stereocenters. The molecule has 1 aliphatic rings. The molecule has 1 amide bonds. The van der Waals surface area contributed by atoms with Crippen LogP contribution in [-0.2, 0) is 17.2 Å². The number of amides is 1. The first-order chi connectivity index (χ1) is 23.1. The summed E-state index contributed by atoms with van der Waals surface area (Å²) >= 11 is 15.1. The van der Waals surface area contributed by atoms with Crippen LogP contribution in [-0.4, -0.2) is 27.8 Å². The molecule has 246 valence electrons. The first kappa shape index (κ1) is 34.1. The van der Waals surface area contributed by atoms with Crippen molar-refractivity contribution in [2.24, 2.45) is 0 Å². The average molecular weight is 810 g/mol. The zero-order valence-electron chi connectivity index (χ0n) is 26.6. The van der Waals surface area contributed by atoms with Crippen LogP contribution in [0.3, 0.4) is 0 Å². The largest absolute Gasteiger partial charge is 0.493 e. The number of hydrogen-bond donors (Lipinski definition) is 2. The SMILES string of the molecule is COc1cc(C2C(C(=O)Nc3cccc(C)c3C)=C(C)Nc3nc(SCc4ccccc4Cl)nn32)cc(Br)c1OCc1cccc(Br)c1. The number of nitrogens with zero attached hydrogens (tertiary/aromatic N) is 3. The summed E-state index contributed by atoms with van der Waals surface area (Å²) in [7, 11) is 1.60. The van der Waals surface area contributed by atoms with Crippen LogP contribution in [0.4, 0.5) is 11.6 Å². The van der Waals surface area contributed by atoms with Gasteiger partial charge in [0.15, 0.2) is 11.5 Å². The van der Waals surface area contributed by atoms with Gasteiger partial charge in [-0.25, -0.2) is 4.68 Å². The fourth-order valence-corrected chi connectivity index (χ4v) is 7.58. The number of methoxy groups -OCH3 is 1. The van der Waals surface area contributed by atoms with Crippen LogP contribution in [0, 0.1) is 13.8 Å². The van der Waals surface area contributed by atoms with E-state index in [9.17, 15) is 4.79 Å². The van der Waals surface area contributed by atoms with Gasteiger partial charge in [0.05, 0.1) is 17.2 Å². The van der Waals surface area contributed by atoms with Gasteiger partial charge in [0, 0.05) is 26.6 Å². The average Bonchev–Trinajstić information content (AvgIpc) is 3.47. The number of rotatable bonds is 10. The summed E-state index contributed by atoms with van der Waals surface area (Å²) in [6.45, 7) is 6.23. The zero-order chi connectivity index (χ0) is 33.9. The Morgan fingerprint density at radius 3 is 2.60 bits per heavy atom. The first-order valence-electron chi connectivity index (χ1n) is 15.1. The van der Waals surface area contributed by atoms with Crippen molar-refractivity contribution in [3.8, 4) is 11.5 Å². The predicted molar refractivity (Wildman–Crippen MR) is 199 cm³/mol. The van der Waals surface area contributed by atoms with Crippen LogP contribution in [0.5, 0.6) is 11.5 Å². The third kappa shape index (κ3) is 7.29. The molecular formula is C36H32Br2ClN5O3S. The van der Waals surface area contributed by atoms with Gasteiger partial charge in [0.2, 0.25) is 11.1 Å². The second-order valence-corrected chi connectivity index (χ2v) is 14.4. The van der Waals surface area contributed by atoms with Gasteiger partial charge in [-0.3, -0.25) is 4.79 Å². The van der Waals surface area contributed by atoms with Gasteiger partial charge >= 0.3 is 0 Å². The summed E-state index contributed by atoms with van der Waals surface area (Å²) in [5, 5.41) is 12.6. The van der Waals surface area contributed by atoms with Crippen LogP contribution in [0.1, 0.15) is 40.8 Å². The Morgan fingerprint density at radius 1 is 1.04 bits per heavy atom. The van der Waals surface area contributed by atoms with E-state index in [2.05, 4.69) is 42.5 Å². The van der Waals surface area contributed by atoms with E-state index in [0.29, 0.717) is 55.7 Å². The molecule has 0 bridgehead atoms. The van der Waals surface area contributed by atoms with Crippen molar-refractivity contribution >= 4 is 72.8 Å². The Morgan fingerprint density at radius 2 is 1.83 bits per heavy atom. The lowest BCUT2D eigenvalue weighted by Crippen LogP contribution is -2.31. The Labute approximate surface area is 305 Å². The number of fused-ring (bicyclic) bond motifs is 1. The van der Waals surface area contributed by atoms with Gasteiger partial charge in [-0.1, -0.05) is 81.8 Å². The Bertz CT molecular complexity index is 2050. The maximum Gasteiger partial charge on any atom is 0.255 e. The third-order valence-electron chi connectivity index (χ3n) is 8.08. The molecule has 1 aliphatic heterocycles. The number of aromatic nitrogens is 3. The fraction of sp³-hybridized carbons (Fsp3) is 0.194. The molecule has 8 nitrogen and oxygen atoms in total. The van der Waals surface area contributed by atoms with Gasteiger partial charge in [0.1, 0.15) is 12.6 Å². The van der Waals surface area contributed by atoms with E-state index in [4.69, 9.17) is 31.2 Å². The summed E-state index contributed by atoms with van der Waals surface area (Å²) in [5.41, 5.74) is 6.73. The van der Waals surface area contributed by atoms with Crippen LogP contribution in [0.2, 0.25) is 5.02 Å². The number of ether oxygens (including phenoxy) is 2. The summed E-state index contributed by atoms with van der Waals surface area (Å²) in [6.07, 6.45) is 0. The van der Waals surface area contributed by atoms with E-state index < -0.39 is 6.04 Å². The number of carbonyl (C=O) groups excluding carboxylic acids is 1. The van der Waals surface area contributed by atoms with Crippen LogP contribution in [0.15, 0.2) is 104 Å². The van der Waals surface area contributed by atoms with Crippen LogP contribution >= 0.6 is 55.2 Å². The Balaban J connectivity index is 1.39. The van der Waals surface area contributed by atoms with E-state index >= 15 is 0 Å². The molecular weight excluding hydrogens is 778 g/mol. The number of thioether (sulfide) groups is 1. The molecule has 12 heteroatoms. The number of benzene rings is 4. The van der Waals surface area contributed by atoms with E-state index in [1.165, 1.54) is 11.8 Å². The first-order valence-corrected chi connectivity index (χ1v) is 18.0. The van der Waals surface area contributed by atoms with Crippen molar-refractivity contribution in [1.82, 2.24) is 14.8 Å². The van der Waals surface area contributed by atoms with Gasteiger partial charge < -0.3 is 20.1 Å². The van der Waals surface area contributed by atoms with E-state index in [1.807, 2.05) is 99.6 Å². The predicted octanol–water partition coefficient (Wildman–Crippen LogP) is 9.88. The number of halogens is 3. The number of hydrogen-bond acceptors (Lipinski definition) is 7. The maximum atomic E-state index is 14.2. The maximum absolute atomic E-state index is 14.2. The molecule has 2 N–H and O–H groups in total. The highest BCUT2D eigenvalue weighted by Gasteiger charge is 2.35. The minimum Gasteiger partial charge on any atom is -0.493 e. The van der Waals surface area contributed by atoms with Crippen molar-refractivity contribution in [3.05, 3.63) is 132 Å². The number of carbonyl (C=O) groups is 1. The van der Waals surface area contributed by atoms with Gasteiger partial charge in [-0.2, -0.15) is 4.98 Å². The monoisotopic (exact) mass is 807 g/mol. The number of anilines is 2. The van der Waals surface area contributed by atoms with Gasteiger partial charge in [-0.05, 0) is 101 Å². The van der Waals surface area contributed by atoms with Crippen LogP contribution < -0.4 is 20.1 Å². The molecule has 1 aromatic heterocycles. The molecule has 0 aliphatic carbocycles. The number of nitrogens with one attached hydrogen (secondary N) is 2. The quantitative estimate of drug-likeness (QED) is 0.136. The van der Waals surface area contributed by atoms with Crippen molar-refractivity contribution in [2.45, 2.75) is 44.3 Å². The van der Waals surface area contributed by atoms with Crippen molar-refractivity contribution in [3.63, 3.8) is 0 Å². The lowest BCUT2D eigenvalue weighted by atomic mass is 9.94. The Hall–Kier alpha value is -3.77. The third-order valence-corrected chi connectivity index (χ3v) is 10.4. The molecule has 48 heavy (non-hydrogen) atoms. The van der Waals surface area contributed by atoms with Crippen molar-refractivity contribution < 1.29 is 14.3 Å². The second kappa shape index (κ2) is 14.8. The molecule has 4 aromatic carbocycles. The highest BCUT2D eigenvalue weighted by molar-refractivity contribution is 9.10. The molecule has 0 saturated heterocycles. The summed E-state index contributed by atoms with van der Waals surface area (Å²) < 4.78 is 15.5. The van der Waals surface area contributed by atoms with E-state index in [-0.39, 0.29) is 5.91 Å². The lowest BCUT2D eigenvalue weighted by molar-refractivity contribution is -0.113. The molecule has 0 saturated carbocycles. The standard InChI is InChI=1S/C36H32Br2ClN5O3S/c1-20-9-7-14-29(21(20)2)41-34(45)31-22(3)40-35-42-36(48-19-24-11-5-6-13-28(24)39)43-44(35)32(31)25-16-27(38)33(30(17-25)46-4)47-18-23-10-8-12-26(37)15-23/h5-17,32H,18-19H2,1-4H3,(H,41,45)(H,40,42,43). The van der Waals surface area contributed by atoms with Crippen molar-refractivity contribution in [2.75, 3.05) is 17.7 Å². The highest BCUT2D eigenvalue weighted by atomic mass is 79.9. The van der Waals surface area contributed by atoms with E-state index in [1.54, 1.807) is 11.8 Å². The molecule has 5 aromatic rings. The van der Waals surface area contributed by atoms with Gasteiger partial charge in [-0.15, -0.1) is 5.10 Å². The topological polar surface area (TPSA) is 90.3 Å². The minimum absolute atomic E-state index is 0.254. The highest BCUT2D eigenvalue weighted by Crippen LogP contribution is 2.44. The fourth-order valence-electron chi connectivity index (χ4n) is 5.45. The van der Waals surface area contributed by atoms with E-state index in [0.717, 1.165) is 38.0 Å². The second-order valence-electron chi connectivity index (χ2n) is 11.3. The van der Waals surface area contributed by atoms with Crippen molar-refractivity contribution in [1.29, 1.82) is 0 Å². The summed E-state index contributed by atoms with van der Waals surface area (Å²) in [6, 6.07) is 24.7. The zero-order valence-corrected chi connectivity index (χ0v) is 31.4. The lowest BCUT2D eigenvalue weighted by Gasteiger charge is -2.29. The number of aryl methyl sites for hydroxylation is 1. The molecule has 1 unspecified atom stereocenters. The smallest absolute Gasteiger partial charge is 0.255 e. The normalized spacial score (nSPS) is 13.9. The van der Waals surface area contributed by atoms with Gasteiger partial charge in [0.25, 0.3) is 5.91 Å². The number of allylic oxidation sites excluding steroid dienone is 1. The molecule has 0 radical (unpaired) electrons. The summed E-state index contributed by atoms with van der Waals surface area (Å²) in [4.78, 5) is 19.0. The summed E-state index contributed by atoms with van der Waals surface area (Å²) in [5.74, 6) is 1.91. The minimum atomic E-state index is -0.641. The Kier molecular flexibility index (Phi) is 10.5. The molecule has 6 rings (SSSR count). The molecule has 2 heterocycles. The van der Waals surface area contributed by atoms with Crippen LogP contribution in [0.25, 0.3) is 0 Å². The molecule has 0 spiro atoms. The molecule has 0 fully saturated rings.